The predicted molar refractivity (Wildman–Crippen MR) is 90.4 cm³/mol. The molecule has 1 aromatic heterocycles. The summed E-state index contributed by atoms with van der Waals surface area (Å²) in [5.74, 6) is -1.05. The Morgan fingerprint density at radius 3 is 3.08 bits per heavy atom. The minimum atomic E-state index is -0.665. The molecule has 9 heteroatoms. The molecule has 7 nitrogen and oxygen atoms in total. The molecule has 2 heterocycles. The van der Waals surface area contributed by atoms with E-state index in [2.05, 4.69) is 15.6 Å². The van der Waals surface area contributed by atoms with E-state index in [0.29, 0.717) is 26.2 Å². The van der Waals surface area contributed by atoms with E-state index >= 15 is 0 Å². The second kappa shape index (κ2) is 8.22. The third-order valence-electron chi connectivity index (χ3n) is 4.30. The summed E-state index contributed by atoms with van der Waals surface area (Å²) < 4.78 is 33.7. The van der Waals surface area contributed by atoms with Gasteiger partial charge in [-0.3, -0.25) is 4.68 Å². The number of carbonyl (C=O) groups excluding carboxylic acids is 1. The third-order valence-corrected chi connectivity index (χ3v) is 4.30. The molecule has 0 radical (unpaired) electrons. The van der Waals surface area contributed by atoms with Gasteiger partial charge < -0.3 is 15.0 Å². The highest BCUT2D eigenvalue weighted by molar-refractivity contribution is 5.89. The van der Waals surface area contributed by atoms with Crippen molar-refractivity contribution in [1.29, 1.82) is 0 Å². The number of hydrogen-bond donors (Lipinski definition) is 1. The van der Waals surface area contributed by atoms with E-state index in [4.69, 9.17) is 4.74 Å². The number of ether oxygens (including phenoxy) is 1. The number of anilines is 1. The van der Waals surface area contributed by atoms with E-state index in [1.807, 2.05) is 6.20 Å². The van der Waals surface area contributed by atoms with Crippen molar-refractivity contribution < 1.29 is 18.3 Å². The molecule has 1 aromatic carbocycles. The Bertz CT molecular complexity index is 767. The van der Waals surface area contributed by atoms with Crippen molar-refractivity contribution in [3.63, 3.8) is 0 Å². The zero-order chi connectivity index (χ0) is 18.5. The molecule has 1 aliphatic heterocycles. The van der Waals surface area contributed by atoms with Gasteiger partial charge >= 0.3 is 6.03 Å². The number of aromatic nitrogens is 3. The van der Waals surface area contributed by atoms with Crippen LogP contribution in [0.4, 0.5) is 19.3 Å². The summed E-state index contributed by atoms with van der Waals surface area (Å²) in [5.41, 5.74) is 0.595. The first-order chi connectivity index (χ1) is 12.5. The van der Waals surface area contributed by atoms with E-state index in [-0.39, 0.29) is 11.6 Å². The van der Waals surface area contributed by atoms with Crippen molar-refractivity contribution >= 4 is 11.7 Å². The highest BCUT2D eigenvalue weighted by Gasteiger charge is 2.25. The molecule has 0 bridgehead atoms. The monoisotopic (exact) mass is 365 g/mol. The van der Waals surface area contributed by atoms with Gasteiger partial charge in [0, 0.05) is 32.8 Å². The fourth-order valence-electron chi connectivity index (χ4n) is 3.09. The van der Waals surface area contributed by atoms with E-state index in [1.165, 1.54) is 0 Å². The summed E-state index contributed by atoms with van der Waals surface area (Å²) in [6.07, 6.45) is 3.62. The standard InChI is InChI=1S/C17H21F2N5O2/c1-26-11-14-10-24(22-21-14)9-12-3-2-6-23(8-12)17(25)20-16-7-13(18)4-5-15(16)19/h4-5,7,10,12H,2-3,6,8-9,11H2,1H3,(H,20,25). The fraction of sp³-hybridized carbons (Fsp3) is 0.471. The molecule has 1 atom stereocenters. The number of rotatable bonds is 5. The first-order valence-corrected chi connectivity index (χ1v) is 8.44. The van der Waals surface area contributed by atoms with Crippen LogP contribution >= 0.6 is 0 Å². The van der Waals surface area contributed by atoms with Gasteiger partial charge in [0.05, 0.1) is 18.5 Å². The van der Waals surface area contributed by atoms with Crippen LogP contribution in [0.15, 0.2) is 24.4 Å². The number of hydrogen-bond acceptors (Lipinski definition) is 4. The van der Waals surface area contributed by atoms with Gasteiger partial charge in [-0.15, -0.1) is 5.10 Å². The van der Waals surface area contributed by atoms with Gasteiger partial charge in [0.1, 0.15) is 17.3 Å². The second-order valence-corrected chi connectivity index (χ2v) is 6.37. The Balaban J connectivity index is 1.58. The minimum absolute atomic E-state index is 0.155. The van der Waals surface area contributed by atoms with Gasteiger partial charge in [-0.1, -0.05) is 5.21 Å². The van der Waals surface area contributed by atoms with Gasteiger partial charge in [0.2, 0.25) is 0 Å². The van der Waals surface area contributed by atoms with Gasteiger partial charge in [-0.2, -0.15) is 0 Å². The number of nitrogens with one attached hydrogen (secondary N) is 1. The lowest BCUT2D eigenvalue weighted by Crippen LogP contribution is -2.43. The first kappa shape index (κ1) is 18.2. The number of amides is 2. The summed E-state index contributed by atoms with van der Waals surface area (Å²) in [4.78, 5) is 14.0. The molecule has 1 unspecified atom stereocenters. The molecule has 1 fully saturated rings. The second-order valence-electron chi connectivity index (χ2n) is 6.37. The SMILES string of the molecule is COCc1cn(CC2CCCN(C(=O)Nc3cc(F)ccc3F)C2)nn1. The Morgan fingerprint density at radius 1 is 1.42 bits per heavy atom. The quantitative estimate of drug-likeness (QED) is 0.884. The van der Waals surface area contributed by atoms with Gasteiger partial charge in [0.25, 0.3) is 0 Å². The number of likely N-dealkylation sites (tertiary alicyclic amines) is 1. The molecular formula is C17H21F2N5O2. The lowest BCUT2D eigenvalue weighted by molar-refractivity contribution is 0.168. The number of carbonyl (C=O) groups is 1. The van der Waals surface area contributed by atoms with Crippen LogP contribution in [0.2, 0.25) is 0 Å². The molecule has 1 N–H and O–H groups in total. The number of nitrogens with zero attached hydrogens (tertiary/aromatic N) is 4. The summed E-state index contributed by atoms with van der Waals surface area (Å²) in [7, 11) is 1.60. The Morgan fingerprint density at radius 2 is 2.27 bits per heavy atom. The average Bonchev–Trinajstić information content (AvgIpc) is 3.06. The van der Waals surface area contributed by atoms with Crippen molar-refractivity contribution in [1.82, 2.24) is 19.9 Å². The zero-order valence-electron chi connectivity index (χ0n) is 14.5. The number of urea groups is 1. The zero-order valence-corrected chi connectivity index (χ0v) is 14.5. The van der Waals surface area contributed by atoms with E-state index in [9.17, 15) is 13.6 Å². The smallest absolute Gasteiger partial charge is 0.321 e. The Kier molecular flexibility index (Phi) is 5.77. The van der Waals surface area contributed by atoms with E-state index in [1.54, 1.807) is 16.7 Å². The number of methoxy groups -OCH3 is 1. The van der Waals surface area contributed by atoms with Crippen LogP contribution in [0, 0.1) is 17.6 Å². The Hall–Kier alpha value is -2.55. The van der Waals surface area contributed by atoms with Crippen molar-refractivity contribution in [2.45, 2.75) is 26.0 Å². The molecule has 1 saturated heterocycles. The summed E-state index contributed by atoms with van der Waals surface area (Å²) in [6.45, 7) is 2.13. The summed E-state index contributed by atoms with van der Waals surface area (Å²) >= 11 is 0. The Labute approximate surface area is 149 Å². The van der Waals surface area contributed by atoms with Crippen LogP contribution in [0.25, 0.3) is 0 Å². The summed E-state index contributed by atoms with van der Waals surface area (Å²) in [6, 6.07) is 2.55. The number of piperidine rings is 1. The van der Waals surface area contributed by atoms with E-state index in [0.717, 1.165) is 36.7 Å². The molecule has 2 amide bonds. The first-order valence-electron chi connectivity index (χ1n) is 8.44. The average molecular weight is 365 g/mol. The number of benzene rings is 1. The molecule has 26 heavy (non-hydrogen) atoms. The molecule has 0 saturated carbocycles. The molecular weight excluding hydrogens is 344 g/mol. The molecule has 1 aliphatic rings. The van der Waals surface area contributed by atoms with Crippen molar-refractivity contribution in [2.75, 3.05) is 25.5 Å². The maximum Gasteiger partial charge on any atom is 0.321 e. The minimum Gasteiger partial charge on any atom is -0.378 e. The predicted octanol–water partition coefficient (Wildman–Crippen LogP) is 2.65. The van der Waals surface area contributed by atoms with Crippen LogP contribution < -0.4 is 5.32 Å². The largest absolute Gasteiger partial charge is 0.378 e. The van der Waals surface area contributed by atoms with Crippen LogP contribution in [0.1, 0.15) is 18.5 Å². The van der Waals surface area contributed by atoms with Gasteiger partial charge in [0.15, 0.2) is 0 Å². The molecule has 3 rings (SSSR count). The molecule has 140 valence electrons. The van der Waals surface area contributed by atoms with Gasteiger partial charge in [-0.05, 0) is 30.9 Å². The van der Waals surface area contributed by atoms with Crippen LogP contribution in [0.5, 0.6) is 0 Å². The van der Waals surface area contributed by atoms with Crippen molar-refractivity contribution in [2.24, 2.45) is 5.92 Å². The normalized spacial score (nSPS) is 17.3. The topological polar surface area (TPSA) is 72.3 Å². The van der Waals surface area contributed by atoms with Crippen LogP contribution in [-0.4, -0.2) is 46.1 Å². The maximum absolute atomic E-state index is 13.7. The van der Waals surface area contributed by atoms with Crippen molar-refractivity contribution in [3.8, 4) is 0 Å². The molecule has 0 spiro atoms. The third kappa shape index (κ3) is 4.54. The molecule has 0 aliphatic carbocycles. The lowest BCUT2D eigenvalue weighted by atomic mass is 9.98. The highest BCUT2D eigenvalue weighted by Crippen LogP contribution is 2.21. The lowest BCUT2D eigenvalue weighted by Gasteiger charge is -2.32. The fourth-order valence-corrected chi connectivity index (χ4v) is 3.09. The molecule has 2 aromatic rings. The van der Waals surface area contributed by atoms with Crippen LogP contribution in [-0.2, 0) is 17.9 Å². The highest BCUT2D eigenvalue weighted by atomic mass is 19.1. The van der Waals surface area contributed by atoms with Gasteiger partial charge in [-0.25, -0.2) is 13.6 Å². The van der Waals surface area contributed by atoms with Crippen molar-refractivity contribution in [3.05, 3.63) is 41.7 Å². The summed E-state index contributed by atoms with van der Waals surface area (Å²) in [5, 5.41) is 10.5. The maximum atomic E-state index is 13.7. The van der Waals surface area contributed by atoms with Crippen LogP contribution in [0.3, 0.4) is 0 Å². The van der Waals surface area contributed by atoms with E-state index < -0.39 is 17.7 Å². The number of halogens is 2.